The van der Waals surface area contributed by atoms with Gasteiger partial charge in [-0.05, 0) is 42.2 Å². The first kappa shape index (κ1) is 28.8. The summed E-state index contributed by atoms with van der Waals surface area (Å²) in [5, 5.41) is 1.02. The number of aromatic amines is 1. The number of alkyl halides is 5. The van der Waals surface area contributed by atoms with Crippen molar-refractivity contribution in [3.8, 4) is 0 Å². The van der Waals surface area contributed by atoms with Crippen molar-refractivity contribution in [3.05, 3.63) is 71.4 Å². The van der Waals surface area contributed by atoms with Crippen LogP contribution >= 0.6 is 23.2 Å². The molecule has 0 unspecified atom stereocenters. The number of nitrogens with one attached hydrogen (secondary N) is 1. The Hall–Kier alpha value is -2.75. The lowest BCUT2D eigenvalue weighted by atomic mass is 10.1. The Morgan fingerprint density at radius 3 is 2.38 bits per heavy atom. The summed E-state index contributed by atoms with van der Waals surface area (Å²) in [6, 6.07) is 12.4. The first-order valence-corrected chi connectivity index (χ1v) is 12.5. The molecule has 0 saturated carbocycles. The molecule has 0 atom stereocenters. The number of fused-ring (bicyclic) bond motifs is 1. The molecule has 0 radical (unpaired) electrons. The zero-order valence-corrected chi connectivity index (χ0v) is 21.7. The number of ether oxygens (including phenoxy) is 1. The van der Waals surface area contributed by atoms with Crippen molar-refractivity contribution in [2.45, 2.75) is 30.4 Å². The van der Waals surface area contributed by atoms with Crippen molar-refractivity contribution >= 4 is 45.9 Å². The van der Waals surface area contributed by atoms with Gasteiger partial charge in [0.2, 0.25) is 5.91 Å². The lowest BCUT2D eigenvalue weighted by molar-refractivity contribution is -0.140. The van der Waals surface area contributed by atoms with E-state index in [1.54, 1.807) is 0 Å². The number of carbonyl (C=O) groups is 2. The van der Waals surface area contributed by atoms with Gasteiger partial charge in [-0.1, -0.05) is 53.5 Å². The maximum absolute atomic E-state index is 13.4. The SMILES string of the molecule is COCCCN(CC(=O)N(CCc1c[nH]c2ccccc12)Cc1ccc(C(F)(F)F)cc1)C(=O)C(Cl)Cl. The summed E-state index contributed by atoms with van der Waals surface area (Å²) in [5.41, 5.74) is 1.72. The van der Waals surface area contributed by atoms with Crippen LogP contribution in [0.15, 0.2) is 54.7 Å². The molecule has 1 N–H and O–H groups in total. The minimum Gasteiger partial charge on any atom is -0.385 e. The van der Waals surface area contributed by atoms with Crippen molar-refractivity contribution in [1.29, 1.82) is 0 Å². The molecule has 6 nitrogen and oxygen atoms in total. The number of para-hydroxylation sites is 1. The minimum atomic E-state index is -4.45. The largest absolute Gasteiger partial charge is 0.416 e. The van der Waals surface area contributed by atoms with Crippen molar-refractivity contribution in [2.24, 2.45) is 0 Å². The van der Waals surface area contributed by atoms with E-state index in [2.05, 4.69) is 4.98 Å². The molecule has 3 rings (SSSR count). The third-order valence-corrected chi connectivity index (χ3v) is 6.31. The fraction of sp³-hybridized carbons (Fsp3) is 0.385. The van der Waals surface area contributed by atoms with Crippen LogP contribution in [0, 0.1) is 0 Å². The Bertz CT molecular complexity index is 1180. The summed E-state index contributed by atoms with van der Waals surface area (Å²) >= 11 is 11.6. The molecule has 2 aromatic carbocycles. The fourth-order valence-corrected chi connectivity index (χ4v) is 4.25. The van der Waals surface area contributed by atoms with Gasteiger partial charge in [0.15, 0.2) is 4.84 Å². The molecule has 2 amide bonds. The van der Waals surface area contributed by atoms with Crippen LogP contribution < -0.4 is 0 Å². The highest BCUT2D eigenvalue weighted by Gasteiger charge is 2.30. The van der Waals surface area contributed by atoms with Crippen molar-refractivity contribution in [2.75, 3.05) is 33.4 Å². The van der Waals surface area contributed by atoms with Crippen LogP contribution in [0.25, 0.3) is 10.9 Å². The van der Waals surface area contributed by atoms with E-state index in [0.29, 0.717) is 25.0 Å². The van der Waals surface area contributed by atoms with E-state index in [1.807, 2.05) is 30.5 Å². The van der Waals surface area contributed by atoms with Gasteiger partial charge in [-0.2, -0.15) is 13.2 Å². The summed E-state index contributed by atoms with van der Waals surface area (Å²) in [7, 11) is 1.53. The summed E-state index contributed by atoms with van der Waals surface area (Å²) in [6.07, 6.45) is -1.60. The molecule has 0 aliphatic carbocycles. The molecule has 0 aliphatic rings. The normalized spacial score (nSPS) is 11.8. The maximum atomic E-state index is 13.4. The van der Waals surface area contributed by atoms with Gasteiger partial charge in [0.1, 0.15) is 0 Å². The molecule has 1 aromatic heterocycles. The van der Waals surface area contributed by atoms with Crippen LogP contribution in [0.4, 0.5) is 13.2 Å². The standard InChI is InChI=1S/C26H28Cl2F3N3O3/c1-37-14-4-12-34(25(36)24(27)28)17-23(35)33(16-18-7-9-20(10-8-18)26(29,30)31)13-11-19-15-32-22-6-3-2-5-21(19)22/h2-3,5-10,15,24,32H,4,11-14,16-17H2,1H3. The smallest absolute Gasteiger partial charge is 0.385 e. The second-order valence-corrected chi connectivity index (χ2v) is 9.62. The number of rotatable bonds is 12. The quantitative estimate of drug-likeness (QED) is 0.238. The molecule has 37 heavy (non-hydrogen) atoms. The van der Waals surface area contributed by atoms with Crippen LogP contribution in [-0.4, -0.2) is 64.8 Å². The number of hydrogen-bond donors (Lipinski definition) is 1. The molecule has 0 aliphatic heterocycles. The molecule has 3 aromatic rings. The molecule has 11 heteroatoms. The zero-order valence-electron chi connectivity index (χ0n) is 20.2. The summed E-state index contributed by atoms with van der Waals surface area (Å²) < 4.78 is 44.0. The van der Waals surface area contributed by atoms with E-state index in [-0.39, 0.29) is 32.1 Å². The second kappa shape index (κ2) is 13.2. The highest BCUT2D eigenvalue weighted by molar-refractivity contribution is 6.53. The van der Waals surface area contributed by atoms with Crippen molar-refractivity contribution < 1.29 is 27.5 Å². The van der Waals surface area contributed by atoms with E-state index in [9.17, 15) is 22.8 Å². The van der Waals surface area contributed by atoms with E-state index < -0.39 is 22.5 Å². The van der Waals surface area contributed by atoms with Gasteiger partial charge in [0, 0.05) is 50.5 Å². The minimum absolute atomic E-state index is 0.0740. The lowest BCUT2D eigenvalue weighted by Crippen LogP contribution is -2.45. The Labute approximate surface area is 223 Å². The number of methoxy groups -OCH3 is 1. The van der Waals surface area contributed by atoms with Crippen molar-refractivity contribution in [3.63, 3.8) is 0 Å². The molecule has 200 valence electrons. The summed E-state index contributed by atoms with van der Waals surface area (Å²) in [4.78, 5) is 30.6. The molecule has 0 fully saturated rings. The first-order chi connectivity index (χ1) is 17.6. The number of aromatic nitrogens is 1. The monoisotopic (exact) mass is 557 g/mol. The van der Waals surface area contributed by atoms with Gasteiger partial charge < -0.3 is 19.5 Å². The summed E-state index contributed by atoms with van der Waals surface area (Å²) in [5.74, 6) is -0.974. The topological polar surface area (TPSA) is 65.6 Å². The highest BCUT2D eigenvalue weighted by atomic mass is 35.5. The summed E-state index contributed by atoms with van der Waals surface area (Å²) in [6.45, 7) is 0.679. The molecule has 0 spiro atoms. The Balaban J connectivity index is 1.80. The van der Waals surface area contributed by atoms with Crippen LogP contribution in [0.1, 0.15) is 23.1 Å². The molecule has 1 heterocycles. The Morgan fingerprint density at radius 1 is 1.03 bits per heavy atom. The third-order valence-electron chi connectivity index (χ3n) is 5.93. The van der Waals surface area contributed by atoms with Crippen LogP contribution in [0.3, 0.4) is 0 Å². The zero-order chi connectivity index (χ0) is 27.0. The molecule has 0 bridgehead atoms. The highest BCUT2D eigenvalue weighted by Crippen LogP contribution is 2.29. The Morgan fingerprint density at radius 2 is 1.73 bits per heavy atom. The van der Waals surface area contributed by atoms with E-state index in [0.717, 1.165) is 28.6 Å². The maximum Gasteiger partial charge on any atom is 0.416 e. The van der Waals surface area contributed by atoms with Gasteiger partial charge in [-0.25, -0.2) is 0 Å². The predicted molar refractivity (Wildman–Crippen MR) is 137 cm³/mol. The van der Waals surface area contributed by atoms with E-state index in [4.69, 9.17) is 27.9 Å². The average Bonchev–Trinajstić information content (AvgIpc) is 3.28. The van der Waals surface area contributed by atoms with E-state index in [1.165, 1.54) is 29.0 Å². The predicted octanol–water partition coefficient (Wildman–Crippen LogP) is 5.43. The second-order valence-electron chi connectivity index (χ2n) is 8.53. The number of amides is 2. The molecular weight excluding hydrogens is 530 g/mol. The first-order valence-electron chi connectivity index (χ1n) is 11.6. The van der Waals surface area contributed by atoms with Gasteiger partial charge in [0.25, 0.3) is 5.91 Å². The van der Waals surface area contributed by atoms with Gasteiger partial charge in [-0.15, -0.1) is 0 Å². The lowest BCUT2D eigenvalue weighted by Gasteiger charge is -2.28. The molecular formula is C26H28Cl2F3N3O3. The van der Waals surface area contributed by atoms with Gasteiger partial charge in [0.05, 0.1) is 12.1 Å². The van der Waals surface area contributed by atoms with Crippen LogP contribution in [0.2, 0.25) is 0 Å². The third kappa shape index (κ3) is 8.12. The van der Waals surface area contributed by atoms with Gasteiger partial charge in [-0.3, -0.25) is 9.59 Å². The van der Waals surface area contributed by atoms with Crippen LogP contribution in [0.5, 0.6) is 0 Å². The molecule has 0 saturated heterocycles. The van der Waals surface area contributed by atoms with E-state index >= 15 is 0 Å². The number of benzene rings is 2. The fourth-order valence-electron chi connectivity index (χ4n) is 3.97. The number of H-pyrrole nitrogens is 1. The van der Waals surface area contributed by atoms with Crippen LogP contribution in [-0.2, 0) is 33.5 Å². The number of halogens is 5. The average molecular weight is 558 g/mol. The van der Waals surface area contributed by atoms with Crippen molar-refractivity contribution in [1.82, 2.24) is 14.8 Å². The number of carbonyl (C=O) groups excluding carboxylic acids is 2. The Kier molecular flexibility index (Phi) is 10.3. The number of hydrogen-bond acceptors (Lipinski definition) is 3. The number of nitrogens with zero attached hydrogens (tertiary/aromatic N) is 2. The van der Waals surface area contributed by atoms with Gasteiger partial charge >= 0.3 is 6.18 Å².